The van der Waals surface area contributed by atoms with Gasteiger partial charge in [-0.05, 0) is 49.1 Å². The van der Waals surface area contributed by atoms with Crippen LogP contribution in [0.5, 0.6) is 0 Å². The number of hydrogen-bond acceptors (Lipinski definition) is 3. The Hall–Kier alpha value is -2.43. The molecule has 1 heterocycles. The molecule has 1 aromatic carbocycles. The maximum atomic E-state index is 12.3. The van der Waals surface area contributed by atoms with E-state index in [4.69, 9.17) is 0 Å². The Kier molecular flexibility index (Phi) is 4.75. The molecule has 0 aliphatic rings. The van der Waals surface area contributed by atoms with E-state index in [0.717, 1.165) is 11.3 Å². The van der Waals surface area contributed by atoms with Gasteiger partial charge in [0.15, 0.2) is 0 Å². The first-order valence-electron chi connectivity index (χ1n) is 7.33. The maximum absolute atomic E-state index is 12.3. The van der Waals surface area contributed by atoms with Crippen LogP contribution in [-0.4, -0.2) is 15.7 Å². The van der Waals surface area contributed by atoms with E-state index in [1.807, 2.05) is 45.9 Å². The molecule has 5 heteroatoms. The van der Waals surface area contributed by atoms with Crippen LogP contribution < -0.4 is 10.9 Å². The van der Waals surface area contributed by atoms with Gasteiger partial charge in [0, 0.05) is 18.3 Å². The molecular formula is C17H21N3O2. The molecule has 0 aliphatic heterocycles. The van der Waals surface area contributed by atoms with E-state index in [-0.39, 0.29) is 23.1 Å². The third-order valence-electron chi connectivity index (χ3n) is 3.40. The summed E-state index contributed by atoms with van der Waals surface area (Å²) in [5.74, 6) is -0.0379. The van der Waals surface area contributed by atoms with Crippen LogP contribution >= 0.6 is 0 Å². The fourth-order valence-corrected chi connectivity index (χ4v) is 2.06. The Morgan fingerprint density at radius 1 is 1.18 bits per heavy atom. The fourth-order valence-electron chi connectivity index (χ4n) is 2.06. The molecule has 0 spiro atoms. The Morgan fingerprint density at radius 3 is 2.55 bits per heavy atom. The molecule has 2 aromatic rings. The van der Waals surface area contributed by atoms with E-state index in [1.54, 1.807) is 0 Å². The van der Waals surface area contributed by atoms with Crippen molar-refractivity contribution in [1.82, 2.24) is 9.78 Å². The van der Waals surface area contributed by atoms with Gasteiger partial charge in [0.05, 0.1) is 0 Å². The first kappa shape index (κ1) is 15.9. The van der Waals surface area contributed by atoms with Crippen molar-refractivity contribution in [2.75, 3.05) is 5.32 Å². The molecule has 22 heavy (non-hydrogen) atoms. The number of rotatable bonds is 4. The van der Waals surface area contributed by atoms with Crippen molar-refractivity contribution in [3.63, 3.8) is 0 Å². The molecule has 0 atom stereocenters. The molecular weight excluding hydrogens is 278 g/mol. The summed E-state index contributed by atoms with van der Waals surface area (Å²) in [6.45, 7) is 8.49. The molecule has 116 valence electrons. The predicted molar refractivity (Wildman–Crippen MR) is 87.2 cm³/mol. The number of aromatic nitrogens is 2. The van der Waals surface area contributed by atoms with Gasteiger partial charge in [0.25, 0.3) is 11.5 Å². The fraction of sp³-hybridized carbons (Fsp3) is 0.353. The molecule has 0 saturated heterocycles. The van der Waals surface area contributed by atoms with E-state index in [0.29, 0.717) is 6.54 Å². The summed E-state index contributed by atoms with van der Waals surface area (Å²) in [4.78, 5) is 24.0. The molecule has 1 amide bonds. The first-order valence-corrected chi connectivity index (χ1v) is 7.33. The van der Waals surface area contributed by atoms with Crippen molar-refractivity contribution < 1.29 is 4.79 Å². The van der Waals surface area contributed by atoms with E-state index in [2.05, 4.69) is 10.4 Å². The van der Waals surface area contributed by atoms with Gasteiger partial charge in [-0.2, -0.15) is 5.10 Å². The van der Waals surface area contributed by atoms with Gasteiger partial charge in [-0.15, -0.1) is 0 Å². The van der Waals surface area contributed by atoms with Crippen LogP contribution in [0.4, 0.5) is 5.69 Å². The van der Waals surface area contributed by atoms with Crippen molar-refractivity contribution in [3.8, 4) is 0 Å². The van der Waals surface area contributed by atoms with Crippen LogP contribution in [0.1, 0.15) is 35.5 Å². The number of nitrogens with zero attached hydrogens (tertiary/aromatic N) is 2. The number of amides is 1. The van der Waals surface area contributed by atoms with Gasteiger partial charge < -0.3 is 5.32 Å². The number of anilines is 1. The lowest BCUT2D eigenvalue weighted by molar-refractivity contribution is 0.101. The summed E-state index contributed by atoms with van der Waals surface area (Å²) in [5.41, 5.74) is 3.03. The Balaban J connectivity index is 2.22. The Labute approximate surface area is 130 Å². The zero-order valence-electron chi connectivity index (χ0n) is 13.4. The van der Waals surface area contributed by atoms with Crippen molar-refractivity contribution in [1.29, 1.82) is 0 Å². The van der Waals surface area contributed by atoms with Crippen molar-refractivity contribution in [3.05, 3.63) is 57.5 Å². The molecule has 0 radical (unpaired) electrons. The van der Waals surface area contributed by atoms with Gasteiger partial charge in [-0.25, -0.2) is 4.68 Å². The number of benzene rings is 1. The summed E-state index contributed by atoms with van der Waals surface area (Å²) in [6, 6.07) is 8.56. The minimum Gasteiger partial charge on any atom is -0.321 e. The highest BCUT2D eigenvalue weighted by atomic mass is 16.2. The van der Waals surface area contributed by atoms with Crippen LogP contribution in [0.15, 0.2) is 35.1 Å². The van der Waals surface area contributed by atoms with E-state index in [9.17, 15) is 9.59 Å². The van der Waals surface area contributed by atoms with Gasteiger partial charge in [0.2, 0.25) is 0 Å². The molecule has 0 aliphatic carbocycles. The Morgan fingerprint density at radius 2 is 1.91 bits per heavy atom. The van der Waals surface area contributed by atoms with Gasteiger partial charge in [-0.1, -0.05) is 19.9 Å². The molecule has 0 fully saturated rings. The molecule has 5 nitrogen and oxygen atoms in total. The smallest absolute Gasteiger partial charge is 0.276 e. The van der Waals surface area contributed by atoms with Crippen molar-refractivity contribution in [2.24, 2.45) is 5.92 Å². The van der Waals surface area contributed by atoms with Gasteiger partial charge >= 0.3 is 0 Å². The van der Waals surface area contributed by atoms with Crippen LogP contribution in [0, 0.1) is 19.8 Å². The standard InChI is InChI=1S/C17H21N3O2/c1-11(2)10-20-16(21)8-7-15(19-20)17(22)18-14-6-5-12(3)13(4)9-14/h5-9,11H,10H2,1-4H3,(H,18,22). The Bertz CT molecular complexity index is 748. The second-order valence-electron chi connectivity index (χ2n) is 5.89. The van der Waals surface area contributed by atoms with Gasteiger partial charge in [0.1, 0.15) is 5.69 Å². The average molecular weight is 299 g/mol. The maximum Gasteiger partial charge on any atom is 0.276 e. The lowest BCUT2D eigenvalue weighted by Gasteiger charge is -2.10. The van der Waals surface area contributed by atoms with Crippen LogP contribution in [0.25, 0.3) is 0 Å². The normalized spacial score (nSPS) is 10.8. The molecule has 2 rings (SSSR count). The minimum atomic E-state index is -0.319. The third kappa shape index (κ3) is 3.81. The first-order chi connectivity index (χ1) is 10.4. The number of hydrogen-bond donors (Lipinski definition) is 1. The molecule has 0 saturated carbocycles. The summed E-state index contributed by atoms with van der Waals surface area (Å²) >= 11 is 0. The zero-order valence-corrected chi connectivity index (χ0v) is 13.4. The summed E-state index contributed by atoms with van der Waals surface area (Å²) < 4.78 is 1.33. The number of carbonyl (C=O) groups excluding carboxylic acids is 1. The molecule has 1 aromatic heterocycles. The molecule has 0 unspecified atom stereocenters. The minimum absolute atomic E-state index is 0.198. The molecule has 1 N–H and O–H groups in total. The lowest BCUT2D eigenvalue weighted by atomic mass is 10.1. The lowest BCUT2D eigenvalue weighted by Crippen LogP contribution is -2.27. The van der Waals surface area contributed by atoms with E-state index < -0.39 is 0 Å². The highest BCUT2D eigenvalue weighted by molar-refractivity contribution is 6.02. The summed E-state index contributed by atoms with van der Waals surface area (Å²) in [7, 11) is 0. The third-order valence-corrected chi connectivity index (χ3v) is 3.40. The highest BCUT2D eigenvalue weighted by Gasteiger charge is 2.11. The van der Waals surface area contributed by atoms with Crippen LogP contribution in [-0.2, 0) is 6.54 Å². The van der Waals surface area contributed by atoms with E-state index in [1.165, 1.54) is 22.4 Å². The second-order valence-corrected chi connectivity index (χ2v) is 5.89. The van der Waals surface area contributed by atoms with Crippen molar-refractivity contribution >= 4 is 11.6 Å². The number of carbonyl (C=O) groups is 1. The monoisotopic (exact) mass is 299 g/mol. The van der Waals surface area contributed by atoms with Crippen molar-refractivity contribution in [2.45, 2.75) is 34.2 Å². The highest BCUT2D eigenvalue weighted by Crippen LogP contribution is 2.14. The second kappa shape index (κ2) is 6.56. The SMILES string of the molecule is Cc1ccc(NC(=O)c2ccc(=O)n(CC(C)C)n2)cc1C. The summed E-state index contributed by atoms with van der Waals surface area (Å²) in [5, 5.41) is 6.95. The van der Waals surface area contributed by atoms with E-state index >= 15 is 0 Å². The molecule has 0 bridgehead atoms. The number of nitrogens with one attached hydrogen (secondary N) is 1. The topological polar surface area (TPSA) is 64.0 Å². The predicted octanol–water partition coefficient (Wildman–Crippen LogP) is 2.77. The largest absolute Gasteiger partial charge is 0.321 e. The zero-order chi connectivity index (χ0) is 16.3. The number of aryl methyl sites for hydroxylation is 2. The van der Waals surface area contributed by atoms with Crippen LogP contribution in [0.3, 0.4) is 0 Å². The van der Waals surface area contributed by atoms with Gasteiger partial charge in [-0.3, -0.25) is 9.59 Å². The average Bonchev–Trinajstić information content (AvgIpc) is 2.44. The van der Waals surface area contributed by atoms with Crippen LogP contribution in [0.2, 0.25) is 0 Å². The summed E-state index contributed by atoms with van der Waals surface area (Å²) in [6.07, 6.45) is 0. The quantitative estimate of drug-likeness (QED) is 0.944.